The van der Waals surface area contributed by atoms with E-state index in [4.69, 9.17) is 11.6 Å². The summed E-state index contributed by atoms with van der Waals surface area (Å²) < 4.78 is 11.9. The van der Waals surface area contributed by atoms with Crippen LogP contribution >= 0.6 is 11.6 Å². The van der Waals surface area contributed by atoms with E-state index in [1.165, 1.54) is 6.92 Å². The van der Waals surface area contributed by atoms with E-state index in [1.54, 1.807) is 12.1 Å². The first-order chi connectivity index (χ1) is 7.49. The summed E-state index contributed by atoms with van der Waals surface area (Å²) in [6, 6.07) is 7.29. The number of hydrogen-bond acceptors (Lipinski definition) is 2. The predicted octanol–water partition coefficient (Wildman–Crippen LogP) is 2.96. The van der Waals surface area contributed by atoms with Gasteiger partial charge in [0.1, 0.15) is 5.78 Å². The molecule has 0 aromatic heterocycles. The third kappa shape index (κ3) is 4.45. The van der Waals surface area contributed by atoms with Crippen LogP contribution in [0.4, 0.5) is 0 Å². The molecular formula is C12H15ClO2S. The number of ketones is 1. The number of carbonyl (C=O) groups excluding carboxylic acids is 1. The van der Waals surface area contributed by atoms with Gasteiger partial charge >= 0.3 is 0 Å². The highest BCUT2D eigenvalue weighted by atomic mass is 35.5. The Morgan fingerprint density at radius 2 is 1.94 bits per heavy atom. The maximum absolute atomic E-state index is 11.9. The summed E-state index contributed by atoms with van der Waals surface area (Å²) in [6.45, 7) is 3.36. The van der Waals surface area contributed by atoms with Crippen molar-refractivity contribution in [2.45, 2.75) is 31.3 Å². The van der Waals surface area contributed by atoms with Gasteiger partial charge in [-0.25, -0.2) is 0 Å². The lowest BCUT2D eigenvalue weighted by Gasteiger charge is -2.09. The highest BCUT2D eigenvalue weighted by molar-refractivity contribution is 7.84. The number of Topliss-reactive ketones (excluding diaryl/α,β-unsaturated/α-hetero) is 1. The minimum Gasteiger partial charge on any atom is -0.300 e. The van der Waals surface area contributed by atoms with E-state index in [0.29, 0.717) is 17.2 Å². The Bertz CT molecular complexity index is 387. The van der Waals surface area contributed by atoms with Gasteiger partial charge < -0.3 is 0 Å². The predicted molar refractivity (Wildman–Crippen MR) is 68.1 cm³/mol. The number of rotatable bonds is 5. The van der Waals surface area contributed by atoms with Crippen molar-refractivity contribution >= 4 is 28.2 Å². The second-order valence-corrected chi connectivity index (χ2v) is 6.16. The van der Waals surface area contributed by atoms with Crippen LogP contribution in [0.1, 0.15) is 25.8 Å². The standard InChI is InChI=1S/C12H15ClO2S/c1-9(14)7-10(2)16(15)8-11-3-5-12(13)6-4-11/h3-6,10H,7-8H2,1-2H3. The summed E-state index contributed by atoms with van der Waals surface area (Å²) in [6.07, 6.45) is 0.375. The molecule has 1 aromatic carbocycles. The molecule has 0 saturated heterocycles. The zero-order valence-corrected chi connectivity index (χ0v) is 11.0. The van der Waals surface area contributed by atoms with E-state index < -0.39 is 10.8 Å². The Balaban J connectivity index is 2.57. The van der Waals surface area contributed by atoms with Gasteiger partial charge in [-0.1, -0.05) is 30.7 Å². The first-order valence-corrected chi connectivity index (χ1v) is 6.86. The van der Waals surface area contributed by atoms with Crippen molar-refractivity contribution in [2.24, 2.45) is 0 Å². The molecule has 2 nitrogen and oxygen atoms in total. The Labute approximate surface area is 103 Å². The summed E-state index contributed by atoms with van der Waals surface area (Å²) in [7, 11) is -1.01. The maximum Gasteiger partial charge on any atom is 0.131 e. The molecule has 4 heteroatoms. The van der Waals surface area contributed by atoms with Crippen molar-refractivity contribution in [1.82, 2.24) is 0 Å². The van der Waals surface area contributed by atoms with E-state index in [2.05, 4.69) is 0 Å². The molecule has 1 rings (SSSR count). The molecule has 0 bridgehead atoms. The van der Waals surface area contributed by atoms with E-state index in [0.717, 1.165) is 5.56 Å². The Hall–Kier alpha value is -0.670. The van der Waals surface area contributed by atoms with Crippen LogP contribution in [-0.4, -0.2) is 15.2 Å². The molecule has 0 amide bonds. The van der Waals surface area contributed by atoms with Crippen molar-refractivity contribution in [1.29, 1.82) is 0 Å². The Morgan fingerprint density at radius 3 is 2.44 bits per heavy atom. The first kappa shape index (κ1) is 13.4. The van der Waals surface area contributed by atoms with Gasteiger partial charge in [-0.05, 0) is 24.6 Å². The number of hydrogen-bond donors (Lipinski definition) is 0. The second kappa shape index (κ2) is 6.16. The fraction of sp³-hybridized carbons (Fsp3) is 0.417. The zero-order chi connectivity index (χ0) is 12.1. The fourth-order valence-electron chi connectivity index (χ4n) is 1.38. The molecule has 0 aliphatic heterocycles. The third-order valence-electron chi connectivity index (χ3n) is 2.25. The molecule has 0 spiro atoms. The Morgan fingerprint density at radius 1 is 1.38 bits per heavy atom. The molecule has 0 aliphatic carbocycles. The van der Waals surface area contributed by atoms with Crippen molar-refractivity contribution in [3.63, 3.8) is 0 Å². The summed E-state index contributed by atoms with van der Waals surface area (Å²) >= 11 is 5.76. The lowest BCUT2D eigenvalue weighted by atomic mass is 10.2. The highest BCUT2D eigenvalue weighted by Crippen LogP contribution is 2.13. The number of benzene rings is 1. The van der Waals surface area contributed by atoms with E-state index in [1.807, 2.05) is 19.1 Å². The minimum absolute atomic E-state index is 0.0805. The van der Waals surface area contributed by atoms with Crippen LogP contribution in [-0.2, 0) is 21.3 Å². The molecule has 88 valence electrons. The first-order valence-electron chi connectivity index (χ1n) is 5.10. The largest absolute Gasteiger partial charge is 0.300 e. The number of halogens is 1. The minimum atomic E-state index is -1.01. The SMILES string of the molecule is CC(=O)CC(C)S(=O)Cc1ccc(Cl)cc1. The van der Waals surface area contributed by atoms with E-state index in [-0.39, 0.29) is 11.0 Å². The summed E-state index contributed by atoms with van der Waals surface area (Å²) in [4.78, 5) is 10.9. The van der Waals surface area contributed by atoms with Gasteiger partial charge in [0, 0.05) is 33.2 Å². The fourth-order valence-corrected chi connectivity index (χ4v) is 2.74. The van der Waals surface area contributed by atoms with Crippen molar-refractivity contribution < 1.29 is 9.00 Å². The molecule has 0 heterocycles. The lowest BCUT2D eigenvalue weighted by molar-refractivity contribution is -0.116. The van der Waals surface area contributed by atoms with Crippen molar-refractivity contribution in [3.8, 4) is 0 Å². The van der Waals surface area contributed by atoms with Crippen LogP contribution in [0, 0.1) is 0 Å². The smallest absolute Gasteiger partial charge is 0.131 e. The molecule has 0 radical (unpaired) electrons. The van der Waals surface area contributed by atoms with Crippen molar-refractivity contribution in [3.05, 3.63) is 34.9 Å². The van der Waals surface area contributed by atoms with Gasteiger partial charge in [-0.2, -0.15) is 0 Å². The van der Waals surface area contributed by atoms with Gasteiger partial charge in [0.2, 0.25) is 0 Å². The van der Waals surface area contributed by atoms with Crippen LogP contribution in [0.25, 0.3) is 0 Å². The molecule has 2 atom stereocenters. The Kier molecular flexibility index (Phi) is 5.16. The van der Waals surface area contributed by atoms with Crippen LogP contribution in [0.15, 0.2) is 24.3 Å². The maximum atomic E-state index is 11.9. The van der Waals surface area contributed by atoms with Gasteiger partial charge in [-0.15, -0.1) is 0 Å². The average Bonchev–Trinajstić information content (AvgIpc) is 2.20. The van der Waals surface area contributed by atoms with E-state index >= 15 is 0 Å². The molecule has 2 unspecified atom stereocenters. The summed E-state index contributed by atoms with van der Waals surface area (Å²) in [5.41, 5.74) is 0.984. The van der Waals surface area contributed by atoms with Crippen LogP contribution < -0.4 is 0 Å². The number of carbonyl (C=O) groups is 1. The molecule has 0 fully saturated rings. The molecule has 1 aromatic rings. The third-order valence-corrected chi connectivity index (χ3v) is 4.18. The molecular weight excluding hydrogens is 244 g/mol. The summed E-state index contributed by atoms with van der Waals surface area (Å²) in [5, 5.41) is 0.583. The molecule has 16 heavy (non-hydrogen) atoms. The lowest BCUT2D eigenvalue weighted by Crippen LogP contribution is -2.15. The van der Waals surface area contributed by atoms with Gasteiger partial charge in [-0.3, -0.25) is 9.00 Å². The van der Waals surface area contributed by atoms with Crippen molar-refractivity contribution in [2.75, 3.05) is 0 Å². The topological polar surface area (TPSA) is 34.1 Å². The quantitative estimate of drug-likeness (QED) is 0.814. The van der Waals surface area contributed by atoms with Crippen LogP contribution in [0.5, 0.6) is 0 Å². The normalized spacial score (nSPS) is 14.4. The van der Waals surface area contributed by atoms with E-state index in [9.17, 15) is 9.00 Å². The molecule has 0 aliphatic rings. The zero-order valence-electron chi connectivity index (χ0n) is 9.40. The molecule has 0 saturated carbocycles. The van der Waals surface area contributed by atoms with Gasteiger partial charge in [0.25, 0.3) is 0 Å². The summed E-state index contributed by atoms with van der Waals surface area (Å²) in [5.74, 6) is 0.558. The average molecular weight is 259 g/mol. The van der Waals surface area contributed by atoms with Gasteiger partial charge in [0.15, 0.2) is 0 Å². The van der Waals surface area contributed by atoms with Crippen LogP contribution in [0.3, 0.4) is 0 Å². The molecule has 0 N–H and O–H groups in total. The second-order valence-electron chi connectivity index (χ2n) is 3.87. The monoisotopic (exact) mass is 258 g/mol. The highest BCUT2D eigenvalue weighted by Gasteiger charge is 2.13. The van der Waals surface area contributed by atoms with Gasteiger partial charge in [0.05, 0.1) is 0 Å². The van der Waals surface area contributed by atoms with Crippen LogP contribution in [0.2, 0.25) is 5.02 Å².